The molecule has 0 saturated carbocycles. The summed E-state index contributed by atoms with van der Waals surface area (Å²) < 4.78 is 4.90. The van der Waals surface area contributed by atoms with Gasteiger partial charge in [0.05, 0.1) is 6.61 Å². The molecule has 0 aromatic rings. The molecule has 0 aliphatic carbocycles. The molecule has 0 aliphatic heterocycles. The minimum atomic E-state index is 0.147. The third-order valence-electron chi connectivity index (χ3n) is 1.55. The first kappa shape index (κ1) is 10.5. The van der Waals surface area contributed by atoms with E-state index in [0.29, 0.717) is 0 Å². The maximum Gasteiger partial charge on any atom is 0.0635 e. The smallest absolute Gasteiger partial charge is 0.0635 e. The lowest BCUT2D eigenvalue weighted by molar-refractivity contribution is 0.200. The first-order chi connectivity index (χ1) is 4.98. The maximum absolute atomic E-state index is 4.90. The van der Waals surface area contributed by atoms with Crippen molar-refractivity contribution >= 4 is 0 Å². The van der Waals surface area contributed by atoms with E-state index in [1.807, 2.05) is 0 Å². The molecule has 0 aliphatic rings. The first-order valence-electron chi connectivity index (χ1n) is 3.90. The van der Waals surface area contributed by atoms with Crippen LogP contribution in [-0.4, -0.2) is 20.3 Å². The molecule has 0 heterocycles. The zero-order chi connectivity index (χ0) is 8.91. The summed E-state index contributed by atoms with van der Waals surface area (Å²) in [7, 11) is 1.70. The van der Waals surface area contributed by atoms with Crippen molar-refractivity contribution in [3.05, 3.63) is 12.3 Å². The summed E-state index contributed by atoms with van der Waals surface area (Å²) in [5.41, 5.74) is 1.21. The lowest BCUT2D eigenvalue weighted by Crippen LogP contribution is -2.26. The Hall–Kier alpha value is -0.500. The molecule has 0 bridgehead atoms. The zero-order valence-electron chi connectivity index (χ0n) is 8.03. The molecule has 2 heteroatoms. The number of rotatable bonds is 4. The predicted molar refractivity (Wildman–Crippen MR) is 48.5 cm³/mol. The van der Waals surface area contributed by atoms with Crippen LogP contribution in [0.1, 0.15) is 20.8 Å². The highest BCUT2D eigenvalue weighted by molar-refractivity contribution is 5.01. The molecule has 2 nitrogen and oxygen atoms in total. The van der Waals surface area contributed by atoms with E-state index in [9.17, 15) is 0 Å². The number of nitrogens with one attached hydrogen (secondary N) is 1. The van der Waals surface area contributed by atoms with Crippen LogP contribution in [0, 0.1) is 5.41 Å². The molecule has 0 aromatic carbocycles. The van der Waals surface area contributed by atoms with Gasteiger partial charge in [0.15, 0.2) is 0 Å². The van der Waals surface area contributed by atoms with Gasteiger partial charge in [0.1, 0.15) is 0 Å². The Balaban J connectivity index is 3.54. The van der Waals surface area contributed by atoms with Gasteiger partial charge in [0, 0.05) is 24.8 Å². The normalized spacial score (nSPS) is 11.3. The second kappa shape index (κ2) is 4.39. The summed E-state index contributed by atoms with van der Waals surface area (Å²) in [6.45, 7) is 11.9. The highest BCUT2D eigenvalue weighted by Gasteiger charge is 2.13. The second-order valence-corrected chi connectivity index (χ2v) is 3.65. The topological polar surface area (TPSA) is 21.3 Å². The minimum absolute atomic E-state index is 0.147. The fourth-order valence-electron chi connectivity index (χ4n) is 0.569. The van der Waals surface area contributed by atoms with Crippen LogP contribution >= 0.6 is 0 Å². The van der Waals surface area contributed by atoms with Gasteiger partial charge in [-0.15, -0.1) is 0 Å². The molecule has 0 spiro atoms. The van der Waals surface area contributed by atoms with E-state index in [2.05, 4.69) is 32.7 Å². The van der Waals surface area contributed by atoms with Gasteiger partial charge in [-0.05, 0) is 0 Å². The summed E-state index contributed by atoms with van der Waals surface area (Å²) in [5.74, 6) is 0. The highest BCUT2D eigenvalue weighted by Crippen LogP contribution is 2.20. The van der Waals surface area contributed by atoms with Crippen molar-refractivity contribution in [3.63, 3.8) is 0 Å². The SMILES string of the molecule is C=C(NCCOC)C(C)(C)C. The molecule has 0 saturated heterocycles. The summed E-state index contributed by atoms with van der Waals surface area (Å²) in [6, 6.07) is 0. The van der Waals surface area contributed by atoms with Crippen molar-refractivity contribution in [2.45, 2.75) is 20.8 Å². The summed E-state index contributed by atoms with van der Waals surface area (Å²) >= 11 is 0. The third-order valence-corrected chi connectivity index (χ3v) is 1.55. The fourth-order valence-corrected chi connectivity index (χ4v) is 0.569. The Kier molecular flexibility index (Phi) is 4.19. The quantitative estimate of drug-likeness (QED) is 0.628. The van der Waals surface area contributed by atoms with Crippen LogP contribution in [0.4, 0.5) is 0 Å². The van der Waals surface area contributed by atoms with Crippen molar-refractivity contribution < 1.29 is 4.74 Å². The van der Waals surface area contributed by atoms with Crippen LogP contribution in [-0.2, 0) is 4.74 Å². The summed E-state index contributed by atoms with van der Waals surface area (Å²) in [4.78, 5) is 0. The number of methoxy groups -OCH3 is 1. The van der Waals surface area contributed by atoms with E-state index in [4.69, 9.17) is 4.74 Å². The molecule has 0 fully saturated rings. The third kappa shape index (κ3) is 4.85. The molecule has 11 heavy (non-hydrogen) atoms. The van der Waals surface area contributed by atoms with E-state index in [1.54, 1.807) is 7.11 Å². The lowest BCUT2D eigenvalue weighted by Gasteiger charge is -2.22. The fraction of sp³-hybridized carbons (Fsp3) is 0.778. The van der Waals surface area contributed by atoms with Gasteiger partial charge in [-0.25, -0.2) is 0 Å². The Labute approximate surface area is 69.6 Å². The van der Waals surface area contributed by atoms with Crippen molar-refractivity contribution in [1.29, 1.82) is 0 Å². The van der Waals surface area contributed by atoms with Crippen molar-refractivity contribution in [3.8, 4) is 0 Å². The van der Waals surface area contributed by atoms with E-state index >= 15 is 0 Å². The molecule has 0 radical (unpaired) electrons. The van der Waals surface area contributed by atoms with Crippen LogP contribution in [0.5, 0.6) is 0 Å². The van der Waals surface area contributed by atoms with E-state index in [0.717, 1.165) is 18.8 Å². The molecular weight excluding hydrogens is 138 g/mol. The molecule has 0 rings (SSSR count). The van der Waals surface area contributed by atoms with Gasteiger partial charge in [0.2, 0.25) is 0 Å². The molecule has 0 amide bonds. The van der Waals surface area contributed by atoms with Crippen LogP contribution in [0.2, 0.25) is 0 Å². The number of hydrogen-bond acceptors (Lipinski definition) is 2. The van der Waals surface area contributed by atoms with Gasteiger partial charge in [-0.3, -0.25) is 0 Å². The van der Waals surface area contributed by atoms with E-state index < -0.39 is 0 Å². The first-order valence-corrected chi connectivity index (χ1v) is 3.90. The molecular formula is C9H19NO. The van der Waals surface area contributed by atoms with Gasteiger partial charge >= 0.3 is 0 Å². The number of allylic oxidation sites excluding steroid dienone is 1. The Morgan fingerprint density at radius 1 is 1.45 bits per heavy atom. The number of hydrogen-bond donors (Lipinski definition) is 1. The molecule has 66 valence electrons. The minimum Gasteiger partial charge on any atom is -0.386 e. The van der Waals surface area contributed by atoms with Crippen LogP contribution in [0.15, 0.2) is 12.3 Å². The highest BCUT2D eigenvalue weighted by atomic mass is 16.5. The standard InChI is InChI=1S/C9H19NO/c1-8(9(2,3)4)10-6-7-11-5/h10H,1,6-7H2,2-5H3. The van der Waals surface area contributed by atoms with Crippen LogP contribution in [0.25, 0.3) is 0 Å². The summed E-state index contributed by atoms with van der Waals surface area (Å²) in [6.07, 6.45) is 0. The average Bonchev–Trinajstić information content (AvgIpc) is 1.86. The molecule has 1 N–H and O–H groups in total. The van der Waals surface area contributed by atoms with Gasteiger partial charge < -0.3 is 10.1 Å². The largest absolute Gasteiger partial charge is 0.386 e. The van der Waals surface area contributed by atoms with Gasteiger partial charge in [-0.1, -0.05) is 27.4 Å². The lowest BCUT2D eigenvalue weighted by atomic mass is 9.93. The monoisotopic (exact) mass is 157 g/mol. The maximum atomic E-state index is 4.90. The predicted octanol–water partition coefficient (Wildman–Crippen LogP) is 1.78. The second-order valence-electron chi connectivity index (χ2n) is 3.65. The Morgan fingerprint density at radius 2 is 2.00 bits per heavy atom. The van der Waals surface area contributed by atoms with E-state index in [1.165, 1.54) is 0 Å². The molecule has 0 unspecified atom stereocenters. The summed E-state index contributed by atoms with van der Waals surface area (Å²) in [5, 5.41) is 3.20. The Morgan fingerprint density at radius 3 is 2.36 bits per heavy atom. The molecule has 0 atom stereocenters. The van der Waals surface area contributed by atoms with Crippen molar-refractivity contribution in [2.24, 2.45) is 5.41 Å². The van der Waals surface area contributed by atoms with Crippen molar-refractivity contribution in [1.82, 2.24) is 5.32 Å². The average molecular weight is 157 g/mol. The van der Waals surface area contributed by atoms with E-state index in [-0.39, 0.29) is 5.41 Å². The van der Waals surface area contributed by atoms with Crippen molar-refractivity contribution in [2.75, 3.05) is 20.3 Å². The van der Waals surface area contributed by atoms with Gasteiger partial charge in [-0.2, -0.15) is 0 Å². The van der Waals surface area contributed by atoms with Gasteiger partial charge in [0.25, 0.3) is 0 Å². The number of ether oxygens (including phenoxy) is 1. The Bertz CT molecular complexity index is 124. The zero-order valence-corrected chi connectivity index (χ0v) is 8.03. The molecule has 0 aromatic heterocycles. The van der Waals surface area contributed by atoms with Crippen LogP contribution < -0.4 is 5.32 Å². The van der Waals surface area contributed by atoms with Crippen LogP contribution in [0.3, 0.4) is 0 Å².